The van der Waals surface area contributed by atoms with Crippen LogP contribution < -0.4 is 10.6 Å². The molecule has 0 spiro atoms. The van der Waals surface area contributed by atoms with Crippen LogP contribution in [-0.2, 0) is 0 Å². The van der Waals surface area contributed by atoms with Gasteiger partial charge in [-0.1, -0.05) is 11.6 Å². The van der Waals surface area contributed by atoms with Gasteiger partial charge in [-0.2, -0.15) is 5.10 Å². The first-order valence-electron chi connectivity index (χ1n) is 9.42. The molecule has 2 amide bonds. The summed E-state index contributed by atoms with van der Waals surface area (Å²) in [6.07, 6.45) is 3.21. The number of benzene rings is 2. The fourth-order valence-corrected chi connectivity index (χ4v) is 4.11. The highest BCUT2D eigenvalue weighted by atomic mass is 35.5. The number of nitrogens with zero attached hydrogens (tertiary/aromatic N) is 3. The molecule has 1 atom stereocenters. The Hall–Kier alpha value is -3.78. The molecule has 1 aliphatic rings. The molecule has 31 heavy (non-hydrogen) atoms. The lowest BCUT2D eigenvalue weighted by Gasteiger charge is -2.18. The molecule has 4 aromatic rings. The number of hydrogen-bond donors (Lipinski definition) is 2. The molecule has 154 valence electrons. The summed E-state index contributed by atoms with van der Waals surface area (Å²) >= 11 is 6.29. The van der Waals surface area contributed by atoms with Crippen molar-refractivity contribution in [3.05, 3.63) is 88.1 Å². The SMILES string of the molecule is CNC(=O)c1cc(-c2ccc3ncnn3c2)cc2c1C(c1cc(F)ccc1Cl)NC2=O. The molecule has 0 bridgehead atoms. The van der Waals surface area contributed by atoms with Crippen molar-refractivity contribution in [1.29, 1.82) is 0 Å². The van der Waals surface area contributed by atoms with Crippen LogP contribution in [-0.4, -0.2) is 33.5 Å². The minimum absolute atomic E-state index is 0.295. The maximum atomic E-state index is 13.9. The van der Waals surface area contributed by atoms with E-state index in [1.165, 1.54) is 31.6 Å². The Morgan fingerprint density at radius 3 is 2.84 bits per heavy atom. The third kappa shape index (κ3) is 3.12. The van der Waals surface area contributed by atoms with Gasteiger partial charge in [0.2, 0.25) is 0 Å². The Bertz CT molecular complexity index is 1380. The fraction of sp³-hybridized carbons (Fsp3) is 0.0909. The van der Waals surface area contributed by atoms with E-state index < -0.39 is 11.9 Å². The highest BCUT2D eigenvalue weighted by Gasteiger charge is 2.35. The lowest BCUT2D eigenvalue weighted by molar-refractivity contribution is 0.0952. The summed E-state index contributed by atoms with van der Waals surface area (Å²) in [6.45, 7) is 0. The number of nitrogens with one attached hydrogen (secondary N) is 2. The van der Waals surface area contributed by atoms with Gasteiger partial charge in [-0.3, -0.25) is 9.59 Å². The highest BCUT2D eigenvalue weighted by Crippen LogP contribution is 2.39. The van der Waals surface area contributed by atoms with Crippen molar-refractivity contribution in [3.8, 4) is 11.1 Å². The minimum Gasteiger partial charge on any atom is -0.355 e. The first-order valence-corrected chi connectivity index (χ1v) is 9.79. The molecule has 0 saturated heterocycles. The van der Waals surface area contributed by atoms with E-state index in [-0.39, 0.29) is 11.8 Å². The van der Waals surface area contributed by atoms with Gasteiger partial charge in [-0.15, -0.1) is 0 Å². The van der Waals surface area contributed by atoms with E-state index in [0.717, 1.165) is 5.56 Å². The van der Waals surface area contributed by atoms with Gasteiger partial charge >= 0.3 is 0 Å². The second-order valence-electron chi connectivity index (χ2n) is 7.12. The molecular weight excluding hydrogens is 421 g/mol. The average molecular weight is 436 g/mol. The summed E-state index contributed by atoms with van der Waals surface area (Å²) in [7, 11) is 1.51. The van der Waals surface area contributed by atoms with E-state index in [9.17, 15) is 14.0 Å². The van der Waals surface area contributed by atoms with Crippen LogP contribution in [0.5, 0.6) is 0 Å². The summed E-state index contributed by atoms with van der Waals surface area (Å²) in [5.74, 6) is -1.22. The van der Waals surface area contributed by atoms with Crippen molar-refractivity contribution >= 4 is 29.1 Å². The van der Waals surface area contributed by atoms with Crippen LogP contribution in [0, 0.1) is 5.82 Å². The highest BCUT2D eigenvalue weighted by molar-refractivity contribution is 6.31. The van der Waals surface area contributed by atoms with E-state index in [4.69, 9.17) is 11.6 Å². The molecule has 0 radical (unpaired) electrons. The normalized spacial score (nSPS) is 15.1. The molecule has 5 rings (SSSR count). The Balaban J connectivity index is 1.73. The summed E-state index contributed by atoms with van der Waals surface area (Å²) in [5, 5.41) is 9.87. The predicted octanol–water partition coefficient (Wildman–Crippen LogP) is 3.38. The van der Waals surface area contributed by atoms with Gasteiger partial charge in [-0.25, -0.2) is 13.9 Å². The van der Waals surface area contributed by atoms with Gasteiger partial charge < -0.3 is 10.6 Å². The zero-order valence-corrected chi connectivity index (χ0v) is 16.9. The molecule has 2 aromatic carbocycles. The maximum absolute atomic E-state index is 13.9. The second kappa shape index (κ2) is 7.17. The molecule has 0 saturated carbocycles. The van der Waals surface area contributed by atoms with Gasteiger partial charge in [0, 0.05) is 46.1 Å². The topological polar surface area (TPSA) is 88.4 Å². The van der Waals surface area contributed by atoms with Gasteiger partial charge in [0.25, 0.3) is 11.8 Å². The summed E-state index contributed by atoms with van der Waals surface area (Å²) in [5.41, 5.74) is 3.58. The average Bonchev–Trinajstić information content (AvgIpc) is 3.38. The molecule has 2 N–H and O–H groups in total. The smallest absolute Gasteiger partial charge is 0.252 e. The lowest BCUT2D eigenvalue weighted by Crippen LogP contribution is -2.23. The Morgan fingerprint density at radius 2 is 2.03 bits per heavy atom. The van der Waals surface area contributed by atoms with Gasteiger partial charge in [-0.05, 0) is 48.0 Å². The number of aromatic nitrogens is 3. The molecule has 0 aliphatic carbocycles. The number of pyridine rings is 1. The summed E-state index contributed by atoms with van der Waals surface area (Å²) in [4.78, 5) is 29.8. The van der Waals surface area contributed by atoms with Gasteiger partial charge in [0.1, 0.15) is 12.1 Å². The van der Waals surface area contributed by atoms with Crippen LogP contribution in [0.3, 0.4) is 0 Å². The van der Waals surface area contributed by atoms with E-state index in [1.54, 1.807) is 28.9 Å². The number of halogens is 2. The first kappa shape index (κ1) is 19.2. The number of carbonyl (C=O) groups is 2. The largest absolute Gasteiger partial charge is 0.355 e. The molecular formula is C22H15ClFN5O2. The molecule has 7 nitrogen and oxygen atoms in total. The summed E-state index contributed by atoms with van der Waals surface area (Å²) < 4.78 is 15.5. The van der Waals surface area contributed by atoms with E-state index in [2.05, 4.69) is 20.7 Å². The molecule has 0 fully saturated rings. The third-order valence-corrected chi connectivity index (χ3v) is 5.68. The zero-order valence-electron chi connectivity index (χ0n) is 16.2. The third-order valence-electron chi connectivity index (χ3n) is 5.34. The molecule has 9 heteroatoms. The molecule has 1 unspecified atom stereocenters. The van der Waals surface area contributed by atoms with Crippen LogP contribution in [0.4, 0.5) is 4.39 Å². The monoisotopic (exact) mass is 435 g/mol. The van der Waals surface area contributed by atoms with Crippen molar-refractivity contribution in [3.63, 3.8) is 0 Å². The quantitative estimate of drug-likeness (QED) is 0.516. The van der Waals surface area contributed by atoms with Crippen molar-refractivity contribution in [2.45, 2.75) is 6.04 Å². The number of amides is 2. The van der Waals surface area contributed by atoms with Crippen molar-refractivity contribution in [2.75, 3.05) is 7.05 Å². The van der Waals surface area contributed by atoms with Crippen LogP contribution in [0.2, 0.25) is 5.02 Å². The van der Waals surface area contributed by atoms with Crippen molar-refractivity contribution in [1.82, 2.24) is 25.2 Å². The Labute approximate surface area is 180 Å². The molecule has 1 aliphatic heterocycles. The van der Waals surface area contributed by atoms with Gasteiger partial charge in [0.15, 0.2) is 5.65 Å². The van der Waals surface area contributed by atoms with E-state index >= 15 is 0 Å². The number of rotatable bonds is 3. The number of fused-ring (bicyclic) bond motifs is 2. The van der Waals surface area contributed by atoms with Crippen molar-refractivity contribution in [2.24, 2.45) is 0 Å². The fourth-order valence-electron chi connectivity index (χ4n) is 3.88. The number of hydrogen-bond acceptors (Lipinski definition) is 4. The summed E-state index contributed by atoms with van der Waals surface area (Å²) in [6, 6.07) is 10.2. The van der Waals surface area contributed by atoms with E-state index in [1.807, 2.05) is 6.07 Å². The van der Waals surface area contributed by atoms with Crippen molar-refractivity contribution < 1.29 is 14.0 Å². The predicted molar refractivity (Wildman–Crippen MR) is 113 cm³/mol. The molecule has 2 aromatic heterocycles. The first-order chi connectivity index (χ1) is 15.0. The van der Waals surface area contributed by atoms with Gasteiger partial charge in [0.05, 0.1) is 6.04 Å². The van der Waals surface area contributed by atoms with E-state index in [0.29, 0.717) is 38.5 Å². The minimum atomic E-state index is -0.746. The molecule has 3 heterocycles. The Kier molecular flexibility index (Phi) is 4.44. The second-order valence-corrected chi connectivity index (χ2v) is 7.52. The maximum Gasteiger partial charge on any atom is 0.252 e. The lowest BCUT2D eigenvalue weighted by atomic mass is 9.90. The Morgan fingerprint density at radius 1 is 1.19 bits per heavy atom. The standard InChI is InChI=1S/C22H15ClFN5O2/c1-25-21(30)15-6-12(11-2-5-18-26-10-27-29(18)9-11)7-16-19(15)20(28-22(16)31)14-8-13(24)3-4-17(14)23/h2-10,20H,1H3,(H,25,30)(H,28,31). The van der Waals surface area contributed by atoms with Crippen LogP contribution >= 0.6 is 11.6 Å². The van der Waals surface area contributed by atoms with Crippen LogP contribution in [0.1, 0.15) is 37.9 Å². The zero-order chi connectivity index (χ0) is 21.7. The van der Waals surface area contributed by atoms with Crippen LogP contribution in [0.15, 0.2) is 55.0 Å². The number of carbonyl (C=O) groups excluding carboxylic acids is 2. The van der Waals surface area contributed by atoms with Crippen LogP contribution in [0.25, 0.3) is 16.8 Å².